The molecule has 6 heteroatoms. The first kappa shape index (κ1) is 13.3. The van der Waals surface area contributed by atoms with Crippen molar-refractivity contribution >= 4 is 37.6 Å². The Kier molecular flexibility index (Phi) is 4.13. The molecule has 1 heterocycles. The quantitative estimate of drug-likeness (QED) is 0.795. The van der Waals surface area contributed by atoms with Gasteiger partial charge in [0.2, 0.25) is 10.0 Å². The topological polar surface area (TPSA) is 37.4 Å². The maximum atomic E-state index is 12.3. The lowest BCUT2D eigenvalue weighted by atomic mass is 10.2. The second-order valence-corrected chi connectivity index (χ2v) is 7.15. The van der Waals surface area contributed by atoms with E-state index in [1.54, 1.807) is 18.2 Å². The largest absolute Gasteiger partial charge is 0.243 e. The molecule has 3 nitrogen and oxygen atoms in total. The Bertz CT molecular complexity index is 506. The van der Waals surface area contributed by atoms with Crippen LogP contribution in [0.1, 0.15) is 6.42 Å². The number of hydrogen-bond donors (Lipinski definition) is 0. The smallest absolute Gasteiger partial charge is 0.207 e. The molecular formula is C11H13BrClNO2S. The fourth-order valence-electron chi connectivity index (χ4n) is 1.92. The van der Waals surface area contributed by atoms with Crippen molar-refractivity contribution in [2.75, 3.05) is 18.4 Å². The molecule has 0 aromatic heterocycles. The molecule has 1 aliphatic heterocycles. The average Bonchev–Trinajstić information content (AvgIpc) is 2.78. The highest BCUT2D eigenvalue weighted by atomic mass is 79.9. The molecule has 94 valence electrons. The van der Waals surface area contributed by atoms with Crippen LogP contribution in [0.5, 0.6) is 0 Å². The van der Waals surface area contributed by atoms with Crippen LogP contribution in [0.15, 0.2) is 29.2 Å². The summed E-state index contributed by atoms with van der Waals surface area (Å²) in [4.78, 5) is 0.278. The molecule has 2 rings (SSSR count). The van der Waals surface area contributed by atoms with E-state index in [1.165, 1.54) is 10.4 Å². The summed E-state index contributed by atoms with van der Waals surface area (Å²) in [5.41, 5.74) is 0. The van der Waals surface area contributed by atoms with Crippen LogP contribution in [-0.4, -0.2) is 31.1 Å². The fraction of sp³-hybridized carbons (Fsp3) is 0.455. The fourth-order valence-corrected chi connectivity index (χ4v) is 4.28. The molecular weight excluding hydrogens is 326 g/mol. The third-order valence-corrected chi connectivity index (χ3v) is 5.91. The van der Waals surface area contributed by atoms with Crippen LogP contribution in [0.4, 0.5) is 0 Å². The molecule has 1 aromatic rings. The minimum absolute atomic E-state index is 0.278. The standard InChI is InChI=1S/C11H13BrClNO2S/c12-7-9-4-5-14(8-9)17(15,16)11-3-1-2-10(13)6-11/h1-3,6,9H,4-5,7-8H2. The van der Waals surface area contributed by atoms with Gasteiger partial charge in [-0.15, -0.1) is 0 Å². The van der Waals surface area contributed by atoms with Crippen LogP contribution in [0.3, 0.4) is 0 Å². The van der Waals surface area contributed by atoms with Crippen molar-refractivity contribution in [3.8, 4) is 0 Å². The monoisotopic (exact) mass is 337 g/mol. The first-order valence-corrected chi connectivity index (χ1v) is 8.29. The van der Waals surface area contributed by atoms with Gasteiger partial charge in [-0.25, -0.2) is 8.42 Å². The van der Waals surface area contributed by atoms with E-state index < -0.39 is 10.0 Å². The van der Waals surface area contributed by atoms with Crippen molar-refractivity contribution in [2.45, 2.75) is 11.3 Å². The SMILES string of the molecule is O=S(=O)(c1cccc(Cl)c1)N1CCC(CBr)C1. The lowest BCUT2D eigenvalue weighted by Crippen LogP contribution is -2.29. The average molecular weight is 339 g/mol. The molecule has 0 aliphatic carbocycles. The van der Waals surface area contributed by atoms with Gasteiger partial charge in [0.1, 0.15) is 0 Å². The van der Waals surface area contributed by atoms with Gasteiger partial charge in [-0.2, -0.15) is 4.31 Å². The summed E-state index contributed by atoms with van der Waals surface area (Å²) in [6.07, 6.45) is 0.908. The van der Waals surface area contributed by atoms with E-state index in [4.69, 9.17) is 11.6 Å². The van der Waals surface area contributed by atoms with Crippen LogP contribution in [-0.2, 0) is 10.0 Å². The van der Waals surface area contributed by atoms with E-state index >= 15 is 0 Å². The number of hydrogen-bond acceptors (Lipinski definition) is 2. The van der Waals surface area contributed by atoms with Crippen LogP contribution in [0, 0.1) is 5.92 Å². The van der Waals surface area contributed by atoms with Crippen LogP contribution in [0.2, 0.25) is 5.02 Å². The third kappa shape index (κ3) is 2.84. The molecule has 0 spiro atoms. The highest BCUT2D eigenvalue weighted by molar-refractivity contribution is 9.09. The lowest BCUT2D eigenvalue weighted by Gasteiger charge is -2.16. The van der Waals surface area contributed by atoms with Gasteiger partial charge in [0.25, 0.3) is 0 Å². The van der Waals surface area contributed by atoms with Gasteiger partial charge in [0.05, 0.1) is 4.90 Å². The molecule has 1 aliphatic rings. The molecule has 17 heavy (non-hydrogen) atoms. The molecule has 1 unspecified atom stereocenters. The first-order chi connectivity index (χ1) is 8.04. The molecule has 1 atom stereocenters. The van der Waals surface area contributed by atoms with Crippen molar-refractivity contribution in [1.82, 2.24) is 4.31 Å². The van der Waals surface area contributed by atoms with Crippen molar-refractivity contribution in [2.24, 2.45) is 5.92 Å². The van der Waals surface area contributed by atoms with Crippen LogP contribution >= 0.6 is 27.5 Å². The normalized spacial score (nSPS) is 21.9. The van der Waals surface area contributed by atoms with Crippen molar-refractivity contribution in [3.05, 3.63) is 29.3 Å². The van der Waals surface area contributed by atoms with E-state index in [2.05, 4.69) is 15.9 Å². The molecule has 1 aromatic carbocycles. The van der Waals surface area contributed by atoms with E-state index in [-0.39, 0.29) is 4.90 Å². The second kappa shape index (κ2) is 5.26. The maximum absolute atomic E-state index is 12.3. The van der Waals surface area contributed by atoms with Gasteiger partial charge in [-0.1, -0.05) is 33.6 Å². The molecule has 0 amide bonds. The van der Waals surface area contributed by atoms with Crippen molar-refractivity contribution in [3.63, 3.8) is 0 Å². The van der Waals surface area contributed by atoms with Gasteiger partial charge in [0, 0.05) is 23.4 Å². The van der Waals surface area contributed by atoms with Gasteiger partial charge in [-0.3, -0.25) is 0 Å². The Labute approximate surface area is 115 Å². The van der Waals surface area contributed by atoms with Gasteiger partial charge in [-0.05, 0) is 30.5 Å². The molecule has 0 radical (unpaired) electrons. The zero-order chi connectivity index (χ0) is 12.5. The summed E-state index contributed by atoms with van der Waals surface area (Å²) < 4.78 is 26.1. The Morgan fingerprint density at radius 2 is 2.24 bits per heavy atom. The summed E-state index contributed by atoms with van der Waals surface area (Å²) in [7, 11) is -3.38. The summed E-state index contributed by atoms with van der Waals surface area (Å²) in [5.74, 6) is 0.406. The third-order valence-electron chi connectivity index (χ3n) is 2.90. The van der Waals surface area contributed by atoms with Gasteiger partial charge < -0.3 is 0 Å². The van der Waals surface area contributed by atoms with Crippen LogP contribution < -0.4 is 0 Å². The number of halogens is 2. The van der Waals surface area contributed by atoms with E-state index in [0.29, 0.717) is 24.0 Å². The Morgan fingerprint density at radius 3 is 2.82 bits per heavy atom. The molecule has 0 saturated carbocycles. The number of rotatable bonds is 3. The predicted octanol–water partition coefficient (Wildman–Crippen LogP) is 2.75. The molecule has 1 fully saturated rings. The Morgan fingerprint density at radius 1 is 1.47 bits per heavy atom. The predicted molar refractivity (Wildman–Crippen MR) is 72.1 cm³/mol. The number of sulfonamides is 1. The highest BCUT2D eigenvalue weighted by Gasteiger charge is 2.31. The van der Waals surface area contributed by atoms with Crippen LogP contribution in [0.25, 0.3) is 0 Å². The van der Waals surface area contributed by atoms with E-state index in [1.807, 2.05) is 0 Å². The minimum Gasteiger partial charge on any atom is -0.207 e. The van der Waals surface area contributed by atoms with Gasteiger partial charge >= 0.3 is 0 Å². The number of benzene rings is 1. The second-order valence-electron chi connectivity index (χ2n) is 4.13. The summed E-state index contributed by atoms with van der Waals surface area (Å²) in [6, 6.07) is 6.42. The Hall–Kier alpha value is -0.100. The van der Waals surface area contributed by atoms with Gasteiger partial charge in [0.15, 0.2) is 0 Å². The Balaban J connectivity index is 2.25. The maximum Gasteiger partial charge on any atom is 0.243 e. The molecule has 1 saturated heterocycles. The summed E-state index contributed by atoms with van der Waals surface area (Å²) in [5, 5.41) is 1.29. The number of nitrogens with zero attached hydrogens (tertiary/aromatic N) is 1. The zero-order valence-corrected chi connectivity index (χ0v) is 12.3. The summed E-state index contributed by atoms with van der Waals surface area (Å²) in [6.45, 7) is 1.17. The minimum atomic E-state index is -3.38. The first-order valence-electron chi connectivity index (χ1n) is 5.35. The zero-order valence-electron chi connectivity index (χ0n) is 9.14. The molecule has 0 N–H and O–H groups in total. The summed E-state index contributed by atoms with van der Waals surface area (Å²) >= 11 is 9.22. The van der Waals surface area contributed by atoms with Crippen molar-refractivity contribution < 1.29 is 8.42 Å². The van der Waals surface area contributed by atoms with E-state index in [9.17, 15) is 8.42 Å². The lowest BCUT2D eigenvalue weighted by molar-refractivity contribution is 0.466. The van der Waals surface area contributed by atoms with Crippen molar-refractivity contribution in [1.29, 1.82) is 0 Å². The molecule has 0 bridgehead atoms. The number of alkyl halides is 1. The van der Waals surface area contributed by atoms with E-state index in [0.717, 1.165) is 11.8 Å². The highest BCUT2D eigenvalue weighted by Crippen LogP contribution is 2.26.